The lowest BCUT2D eigenvalue weighted by Gasteiger charge is -2.35. The number of halogens is 4. The van der Waals surface area contributed by atoms with Crippen molar-refractivity contribution in [3.8, 4) is 0 Å². The Hall–Kier alpha value is -1.54. The minimum absolute atomic E-state index is 0.0320. The molecule has 1 fully saturated rings. The molecule has 1 aromatic heterocycles. The molecule has 0 atom stereocenters. The Morgan fingerprint density at radius 1 is 1.24 bits per heavy atom. The average Bonchev–Trinajstić information content (AvgIpc) is 2.45. The highest BCUT2D eigenvalue weighted by Crippen LogP contribution is 2.33. The molecule has 1 aliphatic heterocycles. The van der Waals surface area contributed by atoms with E-state index in [4.69, 9.17) is 16.3 Å². The fraction of sp³-hybridized carbons (Fsp3) is 0.625. The summed E-state index contributed by atoms with van der Waals surface area (Å²) in [5.41, 5.74) is -1.40. The lowest BCUT2D eigenvalue weighted by atomic mass is 10.2. The van der Waals surface area contributed by atoms with Crippen molar-refractivity contribution in [3.05, 3.63) is 22.8 Å². The topological polar surface area (TPSA) is 45.7 Å². The van der Waals surface area contributed by atoms with Gasteiger partial charge in [-0.1, -0.05) is 11.6 Å². The van der Waals surface area contributed by atoms with E-state index in [1.165, 1.54) is 0 Å². The minimum Gasteiger partial charge on any atom is -0.459 e. The fourth-order valence-electron chi connectivity index (χ4n) is 2.49. The first-order chi connectivity index (χ1) is 11.5. The molecule has 25 heavy (non-hydrogen) atoms. The van der Waals surface area contributed by atoms with Crippen LogP contribution in [0.25, 0.3) is 0 Å². The molecule has 0 N–H and O–H groups in total. The molecule has 1 saturated heterocycles. The maximum Gasteiger partial charge on any atom is 0.417 e. The normalized spacial score (nSPS) is 16.8. The van der Waals surface area contributed by atoms with Crippen molar-refractivity contribution in [3.63, 3.8) is 0 Å². The Labute approximate surface area is 149 Å². The van der Waals surface area contributed by atoms with Gasteiger partial charge in [-0.15, -0.1) is 0 Å². The molecule has 2 rings (SSSR count). The van der Waals surface area contributed by atoms with Crippen LogP contribution >= 0.6 is 11.6 Å². The van der Waals surface area contributed by atoms with E-state index in [-0.39, 0.29) is 17.5 Å². The summed E-state index contributed by atoms with van der Waals surface area (Å²) in [5, 5.41) is -0.0320. The Balaban J connectivity index is 1.93. The van der Waals surface area contributed by atoms with Crippen LogP contribution in [0.2, 0.25) is 5.02 Å². The average molecular weight is 380 g/mol. The number of anilines is 1. The van der Waals surface area contributed by atoms with Crippen LogP contribution in [0.15, 0.2) is 12.3 Å². The Morgan fingerprint density at radius 2 is 1.84 bits per heavy atom. The van der Waals surface area contributed by atoms with Crippen LogP contribution in [0.1, 0.15) is 26.3 Å². The van der Waals surface area contributed by atoms with E-state index in [9.17, 15) is 18.0 Å². The number of aromatic nitrogens is 1. The van der Waals surface area contributed by atoms with E-state index in [1.54, 1.807) is 20.8 Å². The third-order valence-electron chi connectivity index (χ3n) is 3.59. The van der Waals surface area contributed by atoms with E-state index in [1.807, 2.05) is 9.80 Å². The zero-order chi connectivity index (χ0) is 18.8. The Morgan fingerprint density at radius 3 is 2.32 bits per heavy atom. The van der Waals surface area contributed by atoms with Gasteiger partial charge in [-0.3, -0.25) is 9.69 Å². The summed E-state index contributed by atoms with van der Waals surface area (Å²) in [7, 11) is 0. The van der Waals surface area contributed by atoms with Crippen LogP contribution < -0.4 is 4.90 Å². The Kier molecular flexibility index (Phi) is 5.83. The zero-order valence-corrected chi connectivity index (χ0v) is 15.1. The number of carbonyl (C=O) groups is 1. The summed E-state index contributed by atoms with van der Waals surface area (Å²) in [4.78, 5) is 19.5. The van der Waals surface area contributed by atoms with E-state index in [2.05, 4.69) is 4.98 Å². The maximum absolute atomic E-state index is 12.7. The fourth-order valence-corrected chi connectivity index (χ4v) is 2.78. The number of pyridine rings is 1. The number of carbonyl (C=O) groups excluding carboxylic acids is 1. The van der Waals surface area contributed by atoms with Gasteiger partial charge in [0.1, 0.15) is 11.4 Å². The first-order valence-electron chi connectivity index (χ1n) is 7.87. The molecule has 1 aromatic rings. The Bertz CT molecular complexity index is 624. The second-order valence-electron chi connectivity index (χ2n) is 6.88. The first kappa shape index (κ1) is 19.8. The molecular formula is C16H21ClF3N3O2. The SMILES string of the molecule is CC(C)(C)OC(=O)CN1CCN(c2ncc(C(F)(F)F)cc2Cl)CC1. The van der Waals surface area contributed by atoms with Gasteiger partial charge >= 0.3 is 12.1 Å². The zero-order valence-electron chi connectivity index (χ0n) is 14.4. The summed E-state index contributed by atoms with van der Waals surface area (Å²) < 4.78 is 43.3. The quantitative estimate of drug-likeness (QED) is 0.755. The van der Waals surface area contributed by atoms with Crippen LogP contribution in [0.4, 0.5) is 19.0 Å². The molecule has 9 heteroatoms. The molecular weight excluding hydrogens is 359 g/mol. The van der Waals surface area contributed by atoms with Crippen molar-refractivity contribution in [1.82, 2.24) is 9.88 Å². The van der Waals surface area contributed by atoms with Gasteiger partial charge in [0.15, 0.2) is 0 Å². The van der Waals surface area contributed by atoms with Crippen LogP contribution in [0.5, 0.6) is 0 Å². The standard InChI is InChI=1S/C16H21ClF3N3O2/c1-15(2,3)25-13(24)10-22-4-6-23(7-5-22)14-12(17)8-11(9-21-14)16(18,19)20/h8-9H,4-7,10H2,1-3H3. The highest BCUT2D eigenvalue weighted by Gasteiger charge is 2.32. The predicted octanol–water partition coefficient (Wildman–Crippen LogP) is 3.22. The van der Waals surface area contributed by atoms with Gasteiger partial charge in [-0.25, -0.2) is 4.98 Å². The molecule has 2 heterocycles. The number of hydrogen-bond donors (Lipinski definition) is 0. The summed E-state index contributed by atoms with van der Waals surface area (Å²) in [5.74, 6) is 0.0261. The van der Waals surface area contributed by atoms with E-state index >= 15 is 0 Å². The lowest BCUT2D eigenvalue weighted by molar-refractivity contribution is -0.156. The highest BCUT2D eigenvalue weighted by atomic mass is 35.5. The molecule has 0 unspecified atom stereocenters. The van der Waals surface area contributed by atoms with Gasteiger partial charge < -0.3 is 9.64 Å². The van der Waals surface area contributed by atoms with Gasteiger partial charge in [0.2, 0.25) is 0 Å². The molecule has 0 saturated carbocycles. The van der Waals surface area contributed by atoms with Gasteiger partial charge in [0.25, 0.3) is 0 Å². The second kappa shape index (κ2) is 7.37. The van der Waals surface area contributed by atoms with Gasteiger partial charge in [-0.05, 0) is 26.8 Å². The van der Waals surface area contributed by atoms with E-state index in [0.29, 0.717) is 32.0 Å². The van der Waals surface area contributed by atoms with Crippen molar-refractivity contribution in [2.75, 3.05) is 37.6 Å². The number of piperazine rings is 1. The summed E-state index contributed by atoms with van der Waals surface area (Å²) >= 11 is 5.97. The minimum atomic E-state index is -4.47. The van der Waals surface area contributed by atoms with E-state index in [0.717, 1.165) is 12.3 Å². The van der Waals surface area contributed by atoms with E-state index < -0.39 is 17.3 Å². The van der Waals surface area contributed by atoms with Gasteiger partial charge in [0, 0.05) is 32.4 Å². The van der Waals surface area contributed by atoms with Gasteiger partial charge in [-0.2, -0.15) is 13.2 Å². The number of esters is 1. The highest BCUT2D eigenvalue weighted by molar-refractivity contribution is 6.33. The maximum atomic E-state index is 12.7. The third kappa shape index (κ3) is 5.74. The van der Waals surface area contributed by atoms with Crippen LogP contribution in [0, 0.1) is 0 Å². The number of nitrogens with zero attached hydrogens (tertiary/aromatic N) is 3. The summed E-state index contributed by atoms with van der Waals surface area (Å²) in [6, 6.07) is 0.886. The van der Waals surface area contributed by atoms with Crippen LogP contribution in [-0.4, -0.2) is 54.2 Å². The second-order valence-corrected chi connectivity index (χ2v) is 7.28. The molecule has 0 spiro atoms. The number of hydrogen-bond acceptors (Lipinski definition) is 5. The largest absolute Gasteiger partial charge is 0.459 e. The van der Waals surface area contributed by atoms with Crippen molar-refractivity contribution in [1.29, 1.82) is 0 Å². The van der Waals surface area contributed by atoms with Crippen molar-refractivity contribution in [2.24, 2.45) is 0 Å². The smallest absolute Gasteiger partial charge is 0.417 e. The summed E-state index contributed by atoms with van der Waals surface area (Å²) in [6.07, 6.45) is -3.68. The number of rotatable bonds is 3. The molecule has 0 radical (unpaired) electrons. The van der Waals surface area contributed by atoms with Gasteiger partial charge in [0.05, 0.1) is 17.1 Å². The van der Waals surface area contributed by atoms with Crippen molar-refractivity contribution in [2.45, 2.75) is 32.5 Å². The molecule has 1 aliphatic rings. The first-order valence-corrected chi connectivity index (χ1v) is 8.25. The van der Waals surface area contributed by atoms with Crippen molar-refractivity contribution < 1.29 is 22.7 Å². The summed E-state index contributed by atoms with van der Waals surface area (Å²) in [6.45, 7) is 7.76. The third-order valence-corrected chi connectivity index (χ3v) is 3.87. The van der Waals surface area contributed by atoms with Crippen LogP contribution in [-0.2, 0) is 15.7 Å². The monoisotopic (exact) mass is 379 g/mol. The number of alkyl halides is 3. The predicted molar refractivity (Wildman–Crippen MR) is 88.7 cm³/mol. The molecule has 0 aromatic carbocycles. The lowest BCUT2D eigenvalue weighted by Crippen LogP contribution is -2.49. The molecule has 0 bridgehead atoms. The molecule has 140 valence electrons. The number of ether oxygens (including phenoxy) is 1. The molecule has 5 nitrogen and oxygen atoms in total. The van der Waals surface area contributed by atoms with Crippen LogP contribution in [0.3, 0.4) is 0 Å². The molecule has 0 amide bonds. The molecule has 0 aliphatic carbocycles. The van der Waals surface area contributed by atoms with Crippen molar-refractivity contribution >= 4 is 23.4 Å².